The predicted molar refractivity (Wildman–Crippen MR) is 84.2 cm³/mol. The van der Waals surface area contributed by atoms with Crippen LogP contribution in [0.3, 0.4) is 0 Å². The largest absolute Gasteiger partial charge is 0.299 e. The van der Waals surface area contributed by atoms with Crippen molar-refractivity contribution >= 4 is 22.4 Å². The van der Waals surface area contributed by atoms with Crippen molar-refractivity contribution in [2.75, 3.05) is 18.4 Å². The van der Waals surface area contributed by atoms with Gasteiger partial charge in [-0.25, -0.2) is 0 Å². The molecule has 21 heavy (non-hydrogen) atoms. The van der Waals surface area contributed by atoms with Crippen LogP contribution in [0.15, 0.2) is 30.3 Å². The molecule has 2 heterocycles. The SMILES string of the molecule is CC(C(=O)Nc1nnc(-c2ccccc2)s1)N1CCCC1. The van der Waals surface area contributed by atoms with Crippen LogP contribution < -0.4 is 5.32 Å². The number of carbonyl (C=O) groups is 1. The molecular formula is C15H18N4OS. The molecule has 5 nitrogen and oxygen atoms in total. The van der Waals surface area contributed by atoms with Crippen LogP contribution in [-0.2, 0) is 4.79 Å². The molecule has 3 rings (SSSR count). The van der Waals surface area contributed by atoms with E-state index in [9.17, 15) is 4.79 Å². The second kappa shape index (κ2) is 6.32. The van der Waals surface area contributed by atoms with E-state index in [-0.39, 0.29) is 11.9 Å². The highest BCUT2D eigenvalue weighted by molar-refractivity contribution is 7.18. The summed E-state index contributed by atoms with van der Waals surface area (Å²) in [5.74, 6) is -0.00679. The van der Waals surface area contributed by atoms with Crippen LogP contribution >= 0.6 is 11.3 Å². The number of nitrogens with zero attached hydrogens (tertiary/aromatic N) is 3. The molecule has 1 aromatic heterocycles. The lowest BCUT2D eigenvalue weighted by atomic mass is 10.2. The van der Waals surface area contributed by atoms with E-state index < -0.39 is 0 Å². The highest BCUT2D eigenvalue weighted by Crippen LogP contribution is 2.26. The second-order valence-corrected chi connectivity index (χ2v) is 6.16. The van der Waals surface area contributed by atoms with Gasteiger partial charge >= 0.3 is 0 Å². The zero-order chi connectivity index (χ0) is 14.7. The summed E-state index contributed by atoms with van der Waals surface area (Å²) in [6.07, 6.45) is 2.35. The molecule has 0 aliphatic carbocycles. The maximum atomic E-state index is 12.2. The third-order valence-electron chi connectivity index (χ3n) is 3.74. The van der Waals surface area contributed by atoms with E-state index in [1.807, 2.05) is 37.3 Å². The third-order valence-corrected chi connectivity index (χ3v) is 4.63. The van der Waals surface area contributed by atoms with Gasteiger partial charge in [0, 0.05) is 5.56 Å². The smallest absolute Gasteiger partial charge is 0.243 e. The van der Waals surface area contributed by atoms with Gasteiger partial charge in [-0.2, -0.15) is 0 Å². The molecule has 1 N–H and O–H groups in total. The number of likely N-dealkylation sites (tertiary alicyclic amines) is 1. The van der Waals surface area contributed by atoms with E-state index in [4.69, 9.17) is 0 Å². The quantitative estimate of drug-likeness (QED) is 0.943. The predicted octanol–water partition coefficient (Wildman–Crippen LogP) is 2.63. The molecule has 0 bridgehead atoms. The van der Waals surface area contributed by atoms with Crippen molar-refractivity contribution in [3.8, 4) is 10.6 Å². The zero-order valence-electron chi connectivity index (χ0n) is 12.0. The Balaban J connectivity index is 1.65. The first-order valence-electron chi connectivity index (χ1n) is 7.18. The number of amides is 1. The van der Waals surface area contributed by atoms with Crippen LogP contribution in [0.4, 0.5) is 5.13 Å². The Hall–Kier alpha value is -1.79. The van der Waals surface area contributed by atoms with Crippen molar-refractivity contribution in [3.63, 3.8) is 0 Å². The van der Waals surface area contributed by atoms with Gasteiger partial charge in [-0.1, -0.05) is 41.7 Å². The monoisotopic (exact) mass is 302 g/mol. The van der Waals surface area contributed by atoms with Crippen LogP contribution in [0, 0.1) is 0 Å². The number of hydrogen-bond donors (Lipinski definition) is 1. The van der Waals surface area contributed by atoms with Crippen molar-refractivity contribution < 1.29 is 4.79 Å². The number of hydrogen-bond acceptors (Lipinski definition) is 5. The molecule has 1 saturated heterocycles. The highest BCUT2D eigenvalue weighted by atomic mass is 32.1. The van der Waals surface area contributed by atoms with Crippen molar-refractivity contribution in [1.29, 1.82) is 0 Å². The van der Waals surface area contributed by atoms with E-state index >= 15 is 0 Å². The molecule has 6 heteroatoms. The van der Waals surface area contributed by atoms with Crippen LogP contribution in [0.25, 0.3) is 10.6 Å². The molecule has 0 spiro atoms. The molecule has 1 unspecified atom stereocenters. The number of anilines is 1. The number of aromatic nitrogens is 2. The molecule has 1 fully saturated rings. The molecule has 0 radical (unpaired) electrons. The lowest BCUT2D eigenvalue weighted by Gasteiger charge is -2.21. The van der Waals surface area contributed by atoms with Gasteiger partial charge in [-0.05, 0) is 32.9 Å². The van der Waals surface area contributed by atoms with Crippen molar-refractivity contribution in [3.05, 3.63) is 30.3 Å². The Morgan fingerprint density at radius 2 is 1.95 bits per heavy atom. The first-order valence-corrected chi connectivity index (χ1v) is 7.99. The molecule has 1 aliphatic rings. The summed E-state index contributed by atoms with van der Waals surface area (Å²) in [4.78, 5) is 14.4. The summed E-state index contributed by atoms with van der Waals surface area (Å²) in [7, 11) is 0. The Labute approximate surface area is 128 Å². The summed E-state index contributed by atoms with van der Waals surface area (Å²) >= 11 is 1.40. The molecule has 1 aromatic carbocycles. The standard InChI is InChI=1S/C15H18N4OS/c1-11(19-9-5-6-10-19)13(20)16-15-18-17-14(21-15)12-7-3-2-4-8-12/h2-4,7-8,11H,5-6,9-10H2,1H3,(H,16,18,20). The van der Waals surface area contributed by atoms with Crippen LogP contribution in [0.5, 0.6) is 0 Å². The van der Waals surface area contributed by atoms with Crippen LogP contribution in [0.1, 0.15) is 19.8 Å². The summed E-state index contributed by atoms with van der Waals surface area (Å²) in [5, 5.41) is 12.4. The van der Waals surface area contributed by atoms with Crippen LogP contribution in [0.2, 0.25) is 0 Å². The third kappa shape index (κ3) is 3.28. The fourth-order valence-corrected chi connectivity index (χ4v) is 3.23. The maximum Gasteiger partial charge on any atom is 0.243 e. The fourth-order valence-electron chi connectivity index (χ4n) is 2.48. The normalized spacial score (nSPS) is 16.8. The Morgan fingerprint density at radius 3 is 2.67 bits per heavy atom. The number of rotatable bonds is 4. The van der Waals surface area contributed by atoms with Gasteiger partial charge in [-0.15, -0.1) is 10.2 Å². The van der Waals surface area contributed by atoms with E-state index in [2.05, 4.69) is 20.4 Å². The van der Waals surface area contributed by atoms with Gasteiger partial charge < -0.3 is 0 Å². The van der Waals surface area contributed by atoms with Gasteiger partial charge in [0.1, 0.15) is 5.01 Å². The second-order valence-electron chi connectivity index (χ2n) is 5.19. The van der Waals surface area contributed by atoms with Crippen molar-refractivity contribution in [2.45, 2.75) is 25.8 Å². The lowest BCUT2D eigenvalue weighted by molar-refractivity contribution is -0.120. The molecular weight excluding hydrogens is 284 g/mol. The minimum atomic E-state index is -0.114. The molecule has 0 saturated carbocycles. The Morgan fingerprint density at radius 1 is 1.24 bits per heavy atom. The Kier molecular flexibility index (Phi) is 4.26. The van der Waals surface area contributed by atoms with Crippen molar-refractivity contribution in [2.24, 2.45) is 0 Å². The number of nitrogens with one attached hydrogen (secondary N) is 1. The average molecular weight is 302 g/mol. The topological polar surface area (TPSA) is 58.1 Å². The molecule has 1 amide bonds. The first kappa shape index (κ1) is 14.2. The summed E-state index contributed by atoms with van der Waals surface area (Å²) in [5.41, 5.74) is 1.02. The maximum absolute atomic E-state index is 12.2. The van der Waals surface area contributed by atoms with Gasteiger partial charge in [0.2, 0.25) is 11.0 Å². The molecule has 1 atom stereocenters. The van der Waals surface area contributed by atoms with Crippen LogP contribution in [-0.4, -0.2) is 40.1 Å². The lowest BCUT2D eigenvalue weighted by Crippen LogP contribution is -2.40. The summed E-state index contributed by atoms with van der Waals surface area (Å²) < 4.78 is 0. The van der Waals surface area contributed by atoms with E-state index in [1.54, 1.807) is 0 Å². The van der Waals surface area contributed by atoms with Gasteiger partial charge in [0.15, 0.2) is 0 Å². The van der Waals surface area contributed by atoms with Crippen molar-refractivity contribution in [1.82, 2.24) is 15.1 Å². The average Bonchev–Trinajstić information content (AvgIpc) is 3.19. The minimum absolute atomic E-state index is 0.00679. The van der Waals surface area contributed by atoms with Gasteiger partial charge in [0.05, 0.1) is 6.04 Å². The minimum Gasteiger partial charge on any atom is -0.299 e. The number of carbonyl (C=O) groups excluding carboxylic acids is 1. The van der Waals surface area contributed by atoms with Gasteiger partial charge in [0.25, 0.3) is 0 Å². The summed E-state index contributed by atoms with van der Waals surface area (Å²) in [6.45, 7) is 3.94. The Bertz CT molecular complexity index is 607. The first-order chi connectivity index (χ1) is 10.2. The molecule has 2 aromatic rings. The zero-order valence-corrected chi connectivity index (χ0v) is 12.8. The van der Waals surface area contributed by atoms with Gasteiger partial charge in [-0.3, -0.25) is 15.0 Å². The van der Waals surface area contributed by atoms with E-state index in [0.29, 0.717) is 5.13 Å². The summed E-state index contributed by atoms with van der Waals surface area (Å²) in [6, 6.07) is 9.74. The highest BCUT2D eigenvalue weighted by Gasteiger charge is 2.24. The molecule has 110 valence electrons. The number of benzene rings is 1. The van der Waals surface area contributed by atoms with E-state index in [1.165, 1.54) is 24.2 Å². The molecule has 1 aliphatic heterocycles. The fraction of sp³-hybridized carbons (Fsp3) is 0.400. The van der Waals surface area contributed by atoms with E-state index in [0.717, 1.165) is 23.7 Å².